The summed E-state index contributed by atoms with van der Waals surface area (Å²) in [7, 11) is 0. The first-order chi connectivity index (χ1) is 10.2. The number of aliphatic carboxylic acids is 1. The summed E-state index contributed by atoms with van der Waals surface area (Å²) >= 11 is 6.02. The highest BCUT2D eigenvalue weighted by Gasteiger charge is 2.47. The van der Waals surface area contributed by atoms with Crippen LogP contribution in [0.15, 0.2) is 18.2 Å². The summed E-state index contributed by atoms with van der Waals surface area (Å²) < 4.78 is 13.8. The standard InChI is InChI=1S/C16H19ClFNO3/c1-16(2,7-6-13(20)21)19-15(22)10-8-9(10)14-11(17)4-3-5-12(14)18/h3-5,9-10H,6-8H2,1-2H3,(H,19,22)(H,20,21). The summed E-state index contributed by atoms with van der Waals surface area (Å²) in [4.78, 5) is 22.9. The molecule has 2 atom stereocenters. The summed E-state index contributed by atoms with van der Waals surface area (Å²) in [5, 5.41) is 11.9. The van der Waals surface area contributed by atoms with Gasteiger partial charge in [-0.15, -0.1) is 0 Å². The Morgan fingerprint density at radius 1 is 1.45 bits per heavy atom. The van der Waals surface area contributed by atoms with Gasteiger partial charge in [0.1, 0.15) is 5.82 Å². The molecular weight excluding hydrogens is 309 g/mol. The van der Waals surface area contributed by atoms with Crippen molar-refractivity contribution < 1.29 is 19.1 Å². The average molecular weight is 328 g/mol. The highest BCUT2D eigenvalue weighted by molar-refractivity contribution is 6.31. The molecule has 1 saturated carbocycles. The molecule has 1 aromatic carbocycles. The SMILES string of the molecule is CC(C)(CCC(=O)O)NC(=O)C1CC1c1c(F)cccc1Cl. The normalized spacial score (nSPS) is 20.5. The molecule has 0 radical (unpaired) electrons. The number of carboxylic acids is 1. The third kappa shape index (κ3) is 3.97. The van der Waals surface area contributed by atoms with Gasteiger partial charge in [-0.05, 0) is 38.8 Å². The van der Waals surface area contributed by atoms with Crippen molar-refractivity contribution in [2.45, 2.75) is 44.6 Å². The van der Waals surface area contributed by atoms with E-state index in [0.29, 0.717) is 23.4 Å². The maximum atomic E-state index is 13.8. The van der Waals surface area contributed by atoms with E-state index >= 15 is 0 Å². The minimum Gasteiger partial charge on any atom is -0.481 e. The zero-order valence-electron chi connectivity index (χ0n) is 12.5. The average Bonchev–Trinajstić information content (AvgIpc) is 3.16. The minimum atomic E-state index is -0.898. The summed E-state index contributed by atoms with van der Waals surface area (Å²) in [6, 6.07) is 4.49. The van der Waals surface area contributed by atoms with Gasteiger partial charge >= 0.3 is 5.97 Å². The van der Waals surface area contributed by atoms with Gasteiger partial charge in [-0.3, -0.25) is 9.59 Å². The molecule has 0 saturated heterocycles. The third-order valence-electron chi connectivity index (χ3n) is 3.92. The molecule has 0 heterocycles. The lowest BCUT2D eigenvalue weighted by Gasteiger charge is -2.25. The Kier molecular flexibility index (Phi) is 4.75. The van der Waals surface area contributed by atoms with Crippen LogP contribution in [0.4, 0.5) is 4.39 Å². The number of hydrogen-bond donors (Lipinski definition) is 2. The molecule has 2 unspecified atom stereocenters. The molecule has 4 nitrogen and oxygen atoms in total. The Morgan fingerprint density at radius 2 is 2.14 bits per heavy atom. The Bertz CT molecular complexity index is 583. The Hall–Kier alpha value is -1.62. The lowest BCUT2D eigenvalue weighted by Crippen LogP contribution is -2.44. The van der Waals surface area contributed by atoms with Crippen molar-refractivity contribution in [2.75, 3.05) is 0 Å². The van der Waals surface area contributed by atoms with Crippen LogP contribution in [0.5, 0.6) is 0 Å². The van der Waals surface area contributed by atoms with Crippen molar-refractivity contribution in [1.29, 1.82) is 0 Å². The predicted molar refractivity (Wildman–Crippen MR) is 81.3 cm³/mol. The summed E-state index contributed by atoms with van der Waals surface area (Å²) in [6.07, 6.45) is 0.883. The molecule has 2 rings (SSSR count). The summed E-state index contributed by atoms with van der Waals surface area (Å²) in [6.45, 7) is 3.56. The largest absolute Gasteiger partial charge is 0.481 e. The second-order valence-corrected chi connectivity index (χ2v) is 6.76. The Labute approximate surface area is 133 Å². The van der Waals surface area contributed by atoms with Gasteiger partial charge in [0, 0.05) is 34.4 Å². The number of hydrogen-bond acceptors (Lipinski definition) is 2. The first-order valence-electron chi connectivity index (χ1n) is 7.19. The molecule has 6 heteroatoms. The Balaban J connectivity index is 1.97. The molecule has 1 amide bonds. The monoisotopic (exact) mass is 327 g/mol. The lowest BCUT2D eigenvalue weighted by molar-refractivity contribution is -0.138. The van der Waals surface area contributed by atoms with Crippen LogP contribution in [-0.4, -0.2) is 22.5 Å². The van der Waals surface area contributed by atoms with Crippen LogP contribution in [0.2, 0.25) is 5.02 Å². The van der Waals surface area contributed by atoms with Gasteiger partial charge in [-0.2, -0.15) is 0 Å². The van der Waals surface area contributed by atoms with Crippen molar-refractivity contribution in [1.82, 2.24) is 5.32 Å². The van der Waals surface area contributed by atoms with Gasteiger partial charge in [-0.25, -0.2) is 4.39 Å². The van der Waals surface area contributed by atoms with E-state index in [1.54, 1.807) is 19.9 Å². The van der Waals surface area contributed by atoms with Crippen LogP contribution in [0.3, 0.4) is 0 Å². The number of carboxylic acid groups (broad SMARTS) is 1. The van der Waals surface area contributed by atoms with Crippen LogP contribution in [0.1, 0.15) is 44.6 Å². The zero-order chi connectivity index (χ0) is 16.5. The predicted octanol–water partition coefficient (Wildman–Crippen LogP) is 3.34. The molecule has 120 valence electrons. The maximum absolute atomic E-state index is 13.8. The maximum Gasteiger partial charge on any atom is 0.303 e. The molecule has 0 bridgehead atoms. The van der Waals surface area contributed by atoms with E-state index in [-0.39, 0.29) is 24.2 Å². The highest BCUT2D eigenvalue weighted by Crippen LogP contribution is 2.50. The van der Waals surface area contributed by atoms with Gasteiger partial charge in [0.15, 0.2) is 0 Å². The lowest BCUT2D eigenvalue weighted by atomic mass is 9.97. The number of rotatable bonds is 6. The molecule has 0 spiro atoms. The molecule has 1 aliphatic rings. The topological polar surface area (TPSA) is 66.4 Å². The van der Waals surface area contributed by atoms with Gasteiger partial charge in [0.05, 0.1) is 0 Å². The minimum absolute atomic E-state index is 0.0134. The van der Waals surface area contributed by atoms with Gasteiger partial charge in [-0.1, -0.05) is 17.7 Å². The van der Waals surface area contributed by atoms with E-state index in [1.165, 1.54) is 12.1 Å². The number of carbonyl (C=O) groups excluding carboxylic acids is 1. The molecular formula is C16H19ClFNO3. The van der Waals surface area contributed by atoms with Crippen molar-refractivity contribution in [3.05, 3.63) is 34.6 Å². The van der Waals surface area contributed by atoms with Crippen molar-refractivity contribution in [3.63, 3.8) is 0 Å². The fourth-order valence-corrected chi connectivity index (χ4v) is 2.88. The van der Waals surface area contributed by atoms with E-state index in [4.69, 9.17) is 16.7 Å². The van der Waals surface area contributed by atoms with E-state index in [1.807, 2.05) is 0 Å². The first-order valence-corrected chi connectivity index (χ1v) is 7.57. The van der Waals surface area contributed by atoms with Crippen LogP contribution in [-0.2, 0) is 9.59 Å². The number of nitrogens with one attached hydrogen (secondary N) is 1. The first kappa shape index (κ1) is 16.7. The molecule has 1 aliphatic carbocycles. The van der Waals surface area contributed by atoms with Crippen LogP contribution < -0.4 is 5.32 Å². The molecule has 0 aliphatic heterocycles. The molecule has 22 heavy (non-hydrogen) atoms. The van der Waals surface area contributed by atoms with Gasteiger partial charge < -0.3 is 10.4 Å². The smallest absolute Gasteiger partial charge is 0.303 e. The summed E-state index contributed by atoms with van der Waals surface area (Å²) in [5.74, 6) is -1.98. The fourth-order valence-electron chi connectivity index (χ4n) is 2.58. The number of amides is 1. The number of halogens is 2. The molecule has 0 aromatic heterocycles. The van der Waals surface area contributed by atoms with Gasteiger partial charge in [0.2, 0.25) is 5.91 Å². The highest BCUT2D eigenvalue weighted by atomic mass is 35.5. The van der Waals surface area contributed by atoms with E-state index in [9.17, 15) is 14.0 Å². The van der Waals surface area contributed by atoms with Crippen molar-refractivity contribution >= 4 is 23.5 Å². The van der Waals surface area contributed by atoms with Crippen molar-refractivity contribution in [2.24, 2.45) is 5.92 Å². The quantitative estimate of drug-likeness (QED) is 0.842. The Morgan fingerprint density at radius 3 is 2.73 bits per heavy atom. The van der Waals surface area contributed by atoms with Crippen molar-refractivity contribution in [3.8, 4) is 0 Å². The molecule has 2 N–H and O–H groups in total. The number of carbonyl (C=O) groups is 2. The molecule has 1 fully saturated rings. The van der Waals surface area contributed by atoms with E-state index in [2.05, 4.69) is 5.32 Å². The van der Waals surface area contributed by atoms with E-state index in [0.717, 1.165) is 0 Å². The zero-order valence-corrected chi connectivity index (χ0v) is 13.3. The summed E-state index contributed by atoms with van der Waals surface area (Å²) in [5.41, 5.74) is -0.214. The molecule has 1 aromatic rings. The fraction of sp³-hybridized carbons (Fsp3) is 0.500. The van der Waals surface area contributed by atoms with E-state index < -0.39 is 17.3 Å². The van der Waals surface area contributed by atoms with Gasteiger partial charge in [0.25, 0.3) is 0 Å². The van der Waals surface area contributed by atoms with Crippen LogP contribution >= 0.6 is 11.6 Å². The second-order valence-electron chi connectivity index (χ2n) is 6.35. The van der Waals surface area contributed by atoms with Crippen LogP contribution in [0.25, 0.3) is 0 Å². The second kappa shape index (κ2) is 6.24. The third-order valence-corrected chi connectivity index (χ3v) is 4.25. The number of benzene rings is 1. The van der Waals surface area contributed by atoms with Crippen LogP contribution in [0, 0.1) is 11.7 Å².